The second kappa shape index (κ2) is 14.2. The fraction of sp³-hybridized carbons (Fsp3) is 0.250. The van der Waals surface area contributed by atoms with Gasteiger partial charge in [-0.1, -0.05) is 19.6 Å². The molecule has 130 valence electrons. The van der Waals surface area contributed by atoms with Crippen LogP contribution in [0, 0.1) is 13.8 Å². The van der Waals surface area contributed by atoms with Crippen LogP contribution in [0.15, 0.2) is 41.4 Å². The van der Waals surface area contributed by atoms with Crippen molar-refractivity contribution in [1.82, 2.24) is 9.97 Å². The Morgan fingerprint density at radius 3 is 1.96 bits per heavy atom. The van der Waals surface area contributed by atoms with Crippen molar-refractivity contribution in [3.8, 4) is 0 Å². The van der Waals surface area contributed by atoms with Crippen molar-refractivity contribution in [2.75, 3.05) is 18.1 Å². The lowest BCUT2D eigenvalue weighted by atomic mass is 10.4. The second-order valence-corrected chi connectivity index (χ2v) is 4.79. The molecular weight excluding hydrogens is 340 g/mol. The molecule has 0 aliphatic heterocycles. The number of isothiocyanates is 1. The van der Waals surface area contributed by atoms with E-state index in [1.54, 1.807) is 13.1 Å². The molecule has 0 fully saturated rings. The molecule has 0 radical (unpaired) electrons. The van der Waals surface area contributed by atoms with Gasteiger partial charge in [-0.05, 0) is 62.5 Å². The molecule has 24 heavy (non-hydrogen) atoms. The summed E-state index contributed by atoms with van der Waals surface area (Å²) < 4.78 is 0. The minimum absolute atomic E-state index is 0. The van der Waals surface area contributed by atoms with Crippen LogP contribution in [0.5, 0.6) is 0 Å². The van der Waals surface area contributed by atoms with Gasteiger partial charge >= 0.3 is 0 Å². The Morgan fingerprint density at radius 1 is 1.12 bits per heavy atom. The summed E-state index contributed by atoms with van der Waals surface area (Å²) in [6.07, 6.45) is 0. The summed E-state index contributed by atoms with van der Waals surface area (Å²) in [5, 5.41) is 5.12. The number of aliphatic imine (C=N–C) groups is 1. The van der Waals surface area contributed by atoms with Crippen LogP contribution in [0.4, 0.5) is 11.6 Å². The van der Waals surface area contributed by atoms with Crippen LogP contribution in [-0.4, -0.2) is 27.3 Å². The third kappa shape index (κ3) is 13.3. The Hall–Kier alpha value is -2.41. The molecule has 0 aromatic carbocycles. The van der Waals surface area contributed by atoms with Gasteiger partial charge in [0.25, 0.3) is 0 Å². The van der Waals surface area contributed by atoms with E-state index < -0.39 is 0 Å². The quantitative estimate of drug-likeness (QED) is 0.526. The Labute approximate surface area is 154 Å². The fourth-order valence-corrected chi connectivity index (χ4v) is 1.41. The number of thiocarbonyl (C=S) groups is 2. The Bertz CT molecular complexity index is 652. The van der Waals surface area contributed by atoms with Crippen LogP contribution in [0.25, 0.3) is 0 Å². The summed E-state index contributed by atoms with van der Waals surface area (Å²) in [6, 6.07) is 11.2. The second-order valence-electron chi connectivity index (χ2n) is 4.17. The third-order valence-electron chi connectivity index (χ3n) is 2.14. The van der Waals surface area contributed by atoms with E-state index in [-0.39, 0.29) is 12.5 Å². The lowest BCUT2D eigenvalue weighted by Crippen LogP contribution is -2.19. The molecule has 5 N–H and O–H groups in total. The molecule has 0 amide bonds. The van der Waals surface area contributed by atoms with Crippen LogP contribution in [0.3, 0.4) is 0 Å². The number of aromatic nitrogens is 2. The monoisotopic (exact) mass is 364 g/mol. The van der Waals surface area contributed by atoms with Crippen LogP contribution in [0.1, 0.15) is 18.8 Å². The first-order valence-electron chi connectivity index (χ1n) is 6.54. The van der Waals surface area contributed by atoms with Gasteiger partial charge in [0, 0.05) is 18.4 Å². The van der Waals surface area contributed by atoms with Crippen LogP contribution < -0.4 is 16.8 Å². The maximum absolute atomic E-state index is 5.35. The van der Waals surface area contributed by atoms with Gasteiger partial charge in [-0.15, -0.1) is 0 Å². The van der Waals surface area contributed by atoms with Crippen LogP contribution in [0.2, 0.25) is 0 Å². The molecule has 0 saturated heterocycles. The van der Waals surface area contributed by atoms with Gasteiger partial charge < -0.3 is 16.8 Å². The predicted octanol–water partition coefficient (Wildman–Crippen LogP) is 3.37. The normalized spacial score (nSPS) is 7.96. The highest BCUT2D eigenvalue weighted by atomic mass is 32.1. The number of nitrogens with one attached hydrogen (secondary N) is 1. The molecule has 0 atom stereocenters. The molecule has 0 saturated carbocycles. The molecule has 0 spiro atoms. The van der Waals surface area contributed by atoms with E-state index in [0.29, 0.717) is 11.6 Å². The molecule has 8 heteroatoms. The SMILES string of the molecule is C.CN=C=S.Cc1cccc(N)n1.Cc1cccc(NC(N)=S)n1. The standard InChI is InChI=1S/C7H9N3S.C6H8N2.C2H3NS.CH4/c1-5-3-2-4-6(9-5)10-7(8)11;1-5-3-2-4-6(7)8-5;1-3-2-4;/h2-4H,1H3,(H3,8,9,10,11);2-4H,1H3,(H2,7,8);1H3;1H4. The average molecular weight is 365 g/mol. The zero-order valence-electron chi connectivity index (χ0n) is 13.3. The summed E-state index contributed by atoms with van der Waals surface area (Å²) in [5.41, 5.74) is 12.5. The van der Waals surface area contributed by atoms with Crippen LogP contribution >= 0.6 is 24.4 Å². The summed E-state index contributed by atoms with van der Waals surface area (Å²) >= 11 is 8.78. The number of nitrogens with zero attached hydrogens (tertiary/aromatic N) is 3. The van der Waals surface area contributed by atoms with Gasteiger partial charge in [-0.2, -0.15) is 0 Å². The van der Waals surface area contributed by atoms with Crippen molar-refractivity contribution in [2.45, 2.75) is 21.3 Å². The van der Waals surface area contributed by atoms with E-state index in [4.69, 9.17) is 11.5 Å². The first kappa shape index (κ1) is 23.9. The van der Waals surface area contributed by atoms with E-state index in [1.165, 1.54) is 0 Å². The fourth-order valence-electron chi connectivity index (χ4n) is 1.30. The summed E-state index contributed by atoms with van der Waals surface area (Å²) in [7, 11) is 1.59. The molecule has 0 aliphatic carbocycles. The van der Waals surface area contributed by atoms with Crippen molar-refractivity contribution in [3.63, 3.8) is 0 Å². The van der Waals surface area contributed by atoms with E-state index >= 15 is 0 Å². The van der Waals surface area contributed by atoms with E-state index in [9.17, 15) is 0 Å². The first-order chi connectivity index (χ1) is 10.9. The van der Waals surface area contributed by atoms with Crippen molar-refractivity contribution < 1.29 is 0 Å². The zero-order chi connectivity index (χ0) is 17.7. The van der Waals surface area contributed by atoms with Gasteiger partial charge in [0.1, 0.15) is 11.6 Å². The number of nitrogens with two attached hydrogens (primary N) is 2. The Kier molecular flexibility index (Phi) is 14.1. The van der Waals surface area contributed by atoms with E-state index in [1.807, 2.05) is 44.2 Å². The topological polar surface area (TPSA) is 102 Å². The maximum atomic E-state index is 5.35. The van der Waals surface area contributed by atoms with Gasteiger partial charge in [0.15, 0.2) is 5.11 Å². The molecule has 2 rings (SSSR count). The van der Waals surface area contributed by atoms with E-state index in [0.717, 1.165) is 11.4 Å². The highest BCUT2D eigenvalue weighted by molar-refractivity contribution is 7.80. The van der Waals surface area contributed by atoms with Gasteiger partial charge in [-0.25, -0.2) is 15.0 Å². The van der Waals surface area contributed by atoms with E-state index in [2.05, 4.69) is 49.9 Å². The summed E-state index contributed by atoms with van der Waals surface area (Å²) in [4.78, 5) is 11.4. The maximum Gasteiger partial charge on any atom is 0.169 e. The number of anilines is 2. The number of hydrogen-bond donors (Lipinski definition) is 3. The number of pyridine rings is 2. The average Bonchev–Trinajstić information content (AvgIpc) is 2.47. The summed E-state index contributed by atoms with van der Waals surface area (Å²) in [6.45, 7) is 3.82. The lowest BCUT2D eigenvalue weighted by molar-refractivity contribution is 1.20. The highest BCUT2D eigenvalue weighted by Crippen LogP contribution is 2.02. The summed E-state index contributed by atoms with van der Waals surface area (Å²) in [5.74, 6) is 1.28. The highest BCUT2D eigenvalue weighted by Gasteiger charge is 1.92. The smallest absolute Gasteiger partial charge is 0.169 e. The lowest BCUT2D eigenvalue weighted by Gasteiger charge is -2.01. The predicted molar refractivity (Wildman–Crippen MR) is 110 cm³/mol. The minimum atomic E-state index is 0. The van der Waals surface area contributed by atoms with Crippen molar-refractivity contribution in [2.24, 2.45) is 10.7 Å². The first-order valence-corrected chi connectivity index (χ1v) is 7.36. The molecule has 0 aliphatic rings. The number of aryl methyl sites for hydroxylation is 2. The molecule has 0 bridgehead atoms. The van der Waals surface area contributed by atoms with Crippen molar-refractivity contribution in [1.29, 1.82) is 0 Å². The van der Waals surface area contributed by atoms with Gasteiger partial charge in [-0.3, -0.25) is 0 Å². The van der Waals surface area contributed by atoms with Crippen LogP contribution in [-0.2, 0) is 0 Å². The minimum Gasteiger partial charge on any atom is -0.384 e. The number of hydrogen-bond acceptors (Lipinski definition) is 6. The molecule has 2 aromatic rings. The Balaban J connectivity index is 0. The molecule has 6 nitrogen and oxygen atoms in total. The molecule has 2 aromatic heterocycles. The van der Waals surface area contributed by atoms with Gasteiger partial charge in [0.2, 0.25) is 0 Å². The van der Waals surface area contributed by atoms with Crippen molar-refractivity contribution >= 4 is 46.3 Å². The molecular formula is C16H24N6S2. The molecule has 0 unspecified atom stereocenters. The largest absolute Gasteiger partial charge is 0.384 e. The third-order valence-corrected chi connectivity index (χ3v) is 2.43. The Morgan fingerprint density at radius 2 is 1.62 bits per heavy atom. The van der Waals surface area contributed by atoms with Gasteiger partial charge in [0.05, 0.1) is 5.16 Å². The number of rotatable bonds is 1. The van der Waals surface area contributed by atoms with Crippen molar-refractivity contribution in [3.05, 3.63) is 47.8 Å². The number of nitrogen functional groups attached to an aromatic ring is 1. The zero-order valence-corrected chi connectivity index (χ0v) is 14.9. The molecule has 2 heterocycles.